The Hall–Kier alpha value is -3.64. The van der Waals surface area contributed by atoms with Crippen LogP contribution in [0.15, 0.2) is 77.2 Å². The van der Waals surface area contributed by atoms with Crippen LogP contribution in [0.5, 0.6) is 0 Å². The normalized spacial score (nSPS) is 11.8. The molecule has 0 aliphatic rings. The van der Waals surface area contributed by atoms with Gasteiger partial charge in [0.25, 0.3) is 5.91 Å². The highest BCUT2D eigenvalue weighted by atomic mass is 35.5. The molecule has 0 saturated heterocycles. The van der Waals surface area contributed by atoms with Crippen LogP contribution < -0.4 is 5.32 Å². The molecule has 1 unspecified atom stereocenters. The van der Waals surface area contributed by atoms with Gasteiger partial charge in [-0.05, 0) is 48.9 Å². The van der Waals surface area contributed by atoms with E-state index in [9.17, 15) is 9.59 Å². The number of nitrogens with zero attached hydrogens (tertiary/aromatic N) is 1. The lowest BCUT2D eigenvalue weighted by Gasteiger charge is -2.17. The van der Waals surface area contributed by atoms with Crippen LogP contribution in [0.2, 0.25) is 5.02 Å². The number of hydrogen-bond acceptors (Lipinski definition) is 5. The van der Waals surface area contributed by atoms with Crippen LogP contribution in [0.1, 0.15) is 23.7 Å². The molecule has 31 heavy (non-hydrogen) atoms. The fourth-order valence-corrected chi connectivity index (χ4v) is 3.33. The van der Waals surface area contributed by atoms with Gasteiger partial charge in [-0.2, -0.15) is 0 Å². The maximum absolute atomic E-state index is 12.9. The Morgan fingerprint density at radius 2 is 1.84 bits per heavy atom. The molecule has 1 amide bonds. The van der Waals surface area contributed by atoms with Gasteiger partial charge < -0.3 is 14.5 Å². The summed E-state index contributed by atoms with van der Waals surface area (Å²) in [5.41, 5.74) is 2.59. The molecular weight excluding hydrogens is 416 g/mol. The van der Waals surface area contributed by atoms with Gasteiger partial charge in [-0.25, -0.2) is 9.78 Å². The van der Waals surface area contributed by atoms with Crippen molar-refractivity contribution in [2.45, 2.75) is 19.4 Å². The standard InChI is InChI=1S/C24H19ClN2O4/c1-2-20(22(28)26-16-9-7-8-15(25)14-16)31-24(29)18-11-4-3-10-17(18)23-27-19-12-5-6-13-21(19)30-23/h3-14,20H,2H2,1H3,(H,26,28). The Balaban J connectivity index is 1.55. The van der Waals surface area contributed by atoms with Gasteiger partial charge in [0.1, 0.15) is 5.52 Å². The van der Waals surface area contributed by atoms with E-state index in [-0.39, 0.29) is 5.56 Å². The molecule has 3 aromatic carbocycles. The predicted molar refractivity (Wildman–Crippen MR) is 119 cm³/mol. The third-order valence-electron chi connectivity index (χ3n) is 4.68. The number of aromatic nitrogens is 1. The summed E-state index contributed by atoms with van der Waals surface area (Å²) in [4.78, 5) is 30.0. The van der Waals surface area contributed by atoms with Crippen LogP contribution in [-0.2, 0) is 9.53 Å². The zero-order chi connectivity index (χ0) is 21.8. The third kappa shape index (κ3) is 4.59. The molecule has 1 N–H and O–H groups in total. The summed E-state index contributed by atoms with van der Waals surface area (Å²) in [7, 11) is 0. The molecular formula is C24H19ClN2O4. The zero-order valence-electron chi connectivity index (χ0n) is 16.7. The second-order valence-electron chi connectivity index (χ2n) is 6.83. The lowest BCUT2D eigenvalue weighted by Crippen LogP contribution is -2.32. The molecule has 156 valence electrons. The number of nitrogens with one attached hydrogen (secondary N) is 1. The summed E-state index contributed by atoms with van der Waals surface area (Å²) >= 11 is 5.96. The van der Waals surface area contributed by atoms with Crippen LogP contribution in [0.3, 0.4) is 0 Å². The van der Waals surface area contributed by atoms with Crippen molar-refractivity contribution in [2.24, 2.45) is 0 Å². The second kappa shape index (κ2) is 9.02. The molecule has 0 spiro atoms. The van der Waals surface area contributed by atoms with E-state index >= 15 is 0 Å². The Morgan fingerprint density at radius 1 is 1.06 bits per heavy atom. The minimum absolute atomic E-state index is 0.267. The lowest BCUT2D eigenvalue weighted by atomic mass is 10.1. The van der Waals surface area contributed by atoms with Crippen molar-refractivity contribution >= 4 is 40.3 Å². The molecule has 4 aromatic rings. The number of oxazole rings is 1. The Labute approximate surface area is 183 Å². The number of esters is 1. The quantitative estimate of drug-likeness (QED) is 0.392. The number of amides is 1. The van der Waals surface area contributed by atoms with E-state index in [4.69, 9.17) is 20.8 Å². The highest BCUT2D eigenvalue weighted by Crippen LogP contribution is 2.28. The van der Waals surface area contributed by atoms with E-state index in [2.05, 4.69) is 10.3 Å². The first-order valence-corrected chi connectivity index (χ1v) is 10.2. The number of para-hydroxylation sites is 2. The van der Waals surface area contributed by atoms with Crippen molar-refractivity contribution in [2.75, 3.05) is 5.32 Å². The van der Waals surface area contributed by atoms with Crippen LogP contribution in [0.4, 0.5) is 5.69 Å². The van der Waals surface area contributed by atoms with Crippen LogP contribution in [-0.4, -0.2) is 23.0 Å². The first kappa shape index (κ1) is 20.6. The molecule has 0 aliphatic carbocycles. The fourth-order valence-electron chi connectivity index (χ4n) is 3.14. The molecule has 0 saturated carbocycles. The van der Waals surface area contributed by atoms with Gasteiger partial charge in [-0.3, -0.25) is 4.79 Å². The van der Waals surface area contributed by atoms with Crippen molar-refractivity contribution in [3.8, 4) is 11.5 Å². The van der Waals surface area contributed by atoms with E-state index in [0.29, 0.717) is 39.7 Å². The van der Waals surface area contributed by atoms with Crippen molar-refractivity contribution < 1.29 is 18.7 Å². The highest BCUT2D eigenvalue weighted by molar-refractivity contribution is 6.30. The van der Waals surface area contributed by atoms with Crippen molar-refractivity contribution in [1.29, 1.82) is 0 Å². The average Bonchev–Trinajstić information content (AvgIpc) is 3.21. The maximum atomic E-state index is 12.9. The van der Waals surface area contributed by atoms with Gasteiger partial charge in [-0.15, -0.1) is 0 Å². The molecule has 0 radical (unpaired) electrons. The fraction of sp³-hybridized carbons (Fsp3) is 0.125. The summed E-state index contributed by atoms with van der Waals surface area (Å²) in [6.07, 6.45) is -0.661. The van der Waals surface area contributed by atoms with E-state index in [1.54, 1.807) is 61.5 Å². The number of anilines is 1. The highest BCUT2D eigenvalue weighted by Gasteiger charge is 2.25. The molecule has 7 heteroatoms. The second-order valence-corrected chi connectivity index (χ2v) is 7.27. The topological polar surface area (TPSA) is 81.4 Å². The van der Waals surface area contributed by atoms with E-state index in [1.807, 2.05) is 18.2 Å². The van der Waals surface area contributed by atoms with Crippen LogP contribution >= 0.6 is 11.6 Å². The van der Waals surface area contributed by atoms with Gasteiger partial charge in [0.05, 0.1) is 11.1 Å². The smallest absolute Gasteiger partial charge is 0.339 e. The SMILES string of the molecule is CCC(OC(=O)c1ccccc1-c1nc2ccccc2o1)C(=O)Nc1cccc(Cl)c1. The van der Waals surface area contributed by atoms with Gasteiger partial charge >= 0.3 is 5.97 Å². The van der Waals surface area contributed by atoms with E-state index in [1.165, 1.54) is 0 Å². The molecule has 1 atom stereocenters. The monoisotopic (exact) mass is 434 g/mol. The van der Waals surface area contributed by atoms with Crippen molar-refractivity contribution in [1.82, 2.24) is 4.98 Å². The lowest BCUT2D eigenvalue weighted by molar-refractivity contribution is -0.124. The zero-order valence-corrected chi connectivity index (χ0v) is 17.4. The summed E-state index contributed by atoms with van der Waals surface area (Å²) in [6.45, 7) is 1.77. The van der Waals surface area contributed by atoms with Gasteiger partial charge in [0.2, 0.25) is 5.89 Å². The number of carbonyl (C=O) groups excluding carboxylic acids is 2. The van der Waals surface area contributed by atoms with Gasteiger partial charge in [0, 0.05) is 10.7 Å². The van der Waals surface area contributed by atoms with Crippen LogP contribution in [0.25, 0.3) is 22.6 Å². The summed E-state index contributed by atoms with van der Waals surface area (Å²) in [6, 6.07) is 21.0. The number of ether oxygens (including phenoxy) is 1. The maximum Gasteiger partial charge on any atom is 0.339 e. The summed E-state index contributed by atoms with van der Waals surface area (Å²) in [5.74, 6) is -0.756. The molecule has 0 fully saturated rings. The first-order chi connectivity index (χ1) is 15.0. The Kier molecular flexibility index (Phi) is 6.00. The number of rotatable bonds is 6. The minimum Gasteiger partial charge on any atom is -0.449 e. The molecule has 0 aliphatic heterocycles. The third-order valence-corrected chi connectivity index (χ3v) is 4.91. The van der Waals surface area contributed by atoms with Crippen LogP contribution in [0, 0.1) is 0 Å². The van der Waals surface area contributed by atoms with Gasteiger partial charge in [-0.1, -0.05) is 48.9 Å². The largest absolute Gasteiger partial charge is 0.449 e. The number of carbonyl (C=O) groups is 2. The number of halogens is 1. The minimum atomic E-state index is -0.969. The van der Waals surface area contributed by atoms with E-state index < -0.39 is 18.0 Å². The average molecular weight is 435 g/mol. The Bertz CT molecular complexity index is 1220. The summed E-state index contributed by atoms with van der Waals surface area (Å²) < 4.78 is 11.3. The molecule has 4 rings (SSSR count). The number of fused-ring (bicyclic) bond motifs is 1. The van der Waals surface area contributed by atoms with E-state index in [0.717, 1.165) is 0 Å². The molecule has 0 bridgehead atoms. The Morgan fingerprint density at radius 3 is 2.61 bits per heavy atom. The molecule has 1 aromatic heterocycles. The number of hydrogen-bond donors (Lipinski definition) is 1. The predicted octanol–water partition coefficient (Wildman–Crippen LogP) is 5.72. The molecule has 6 nitrogen and oxygen atoms in total. The summed E-state index contributed by atoms with van der Waals surface area (Å²) in [5, 5.41) is 3.22. The van der Waals surface area contributed by atoms with Crippen molar-refractivity contribution in [3.05, 3.63) is 83.4 Å². The molecule has 1 heterocycles. The van der Waals surface area contributed by atoms with Crippen molar-refractivity contribution in [3.63, 3.8) is 0 Å². The number of benzene rings is 3. The first-order valence-electron chi connectivity index (χ1n) is 9.77. The van der Waals surface area contributed by atoms with Gasteiger partial charge in [0.15, 0.2) is 11.7 Å².